The lowest BCUT2D eigenvalue weighted by molar-refractivity contribution is -0.116. The van der Waals surface area contributed by atoms with Gasteiger partial charge in [0.1, 0.15) is 5.75 Å². The molecule has 0 saturated heterocycles. The quantitative estimate of drug-likeness (QED) is 0.321. The lowest BCUT2D eigenvalue weighted by atomic mass is 10.1. The molecule has 0 unspecified atom stereocenters. The highest BCUT2D eigenvalue weighted by Gasteiger charge is 2.11. The number of fused-ring (bicyclic) bond motifs is 1. The van der Waals surface area contributed by atoms with Gasteiger partial charge < -0.3 is 14.6 Å². The first-order valence-electron chi connectivity index (χ1n) is 10.9. The number of methoxy groups -OCH3 is 1. The van der Waals surface area contributed by atoms with Crippen LogP contribution in [-0.2, 0) is 17.6 Å². The maximum atomic E-state index is 12.4. The van der Waals surface area contributed by atoms with Crippen LogP contribution >= 0.6 is 11.3 Å². The number of carbonyl (C=O) groups is 1. The van der Waals surface area contributed by atoms with Crippen molar-refractivity contribution in [1.29, 1.82) is 0 Å². The van der Waals surface area contributed by atoms with Crippen molar-refractivity contribution < 1.29 is 14.1 Å². The second kappa shape index (κ2) is 9.84. The fraction of sp³-hybridized carbons (Fsp3) is 0.154. The van der Waals surface area contributed by atoms with Crippen molar-refractivity contribution in [2.45, 2.75) is 19.3 Å². The molecule has 2 aromatic heterocycles. The SMILES string of the molecule is COc1ccc(-c2noc(CCC(=O)Nc3ccc(Cc4nc5ccccc5s4)cc3)n2)cc1. The third-order valence-corrected chi connectivity index (χ3v) is 6.35. The van der Waals surface area contributed by atoms with Crippen molar-refractivity contribution in [2.75, 3.05) is 12.4 Å². The zero-order valence-electron chi connectivity index (χ0n) is 18.5. The Kier molecular flexibility index (Phi) is 6.31. The summed E-state index contributed by atoms with van der Waals surface area (Å²) in [5, 5.41) is 7.99. The first-order chi connectivity index (χ1) is 16.7. The van der Waals surface area contributed by atoms with E-state index < -0.39 is 0 Å². The van der Waals surface area contributed by atoms with Gasteiger partial charge in [-0.05, 0) is 54.1 Å². The van der Waals surface area contributed by atoms with E-state index in [-0.39, 0.29) is 12.3 Å². The van der Waals surface area contributed by atoms with Crippen molar-refractivity contribution in [3.63, 3.8) is 0 Å². The number of para-hydroxylation sites is 1. The molecule has 3 aromatic carbocycles. The summed E-state index contributed by atoms with van der Waals surface area (Å²) in [6, 6.07) is 23.4. The van der Waals surface area contributed by atoms with Crippen molar-refractivity contribution in [2.24, 2.45) is 0 Å². The van der Waals surface area contributed by atoms with Crippen LogP contribution in [0.4, 0.5) is 5.69 Å². The maximum Gasteiger partial charge on any atom is 0.227 e. The van der Waals surface area contributed by atoms with E-state index in [0.717, 1.165) is 39.5 Å². The average molecular weight is 471 g/mol. The predicted octanol–water partition coefficient (Wildman–Crippen LogP) is 5.52. The molecule has 1 N–H and O–H groups in total. The first kappa shape index (κ1) is 21.8. The molecular weight excluding hydrogens is 448 g/mol. The Morgan fingerprint density at radius 3 is 2.56 bits per heavy atom. The fourth-order valence-electron chi connectivity index (χ4n) is 3.53. The Morgan fingerprint density at radius 1 is 1.00 bits per heavy atom. The van der Waals surface area contributed by atoms with Crippen molar-refractivity contribution >= 4 is 33.1 Å². The van der Waals surface area contributed by atoms with Crippen LogP contribution in [-0.4, -0.2) is 28.1 Å². The topological polar surface area (TPSA) is 90.1 Å². The fourth-order valence-corrected chi connectivity index (χ4v) is 4.54. The number of nitrogens with zero attached hydrogens (tertiary/aromatic N) is 3. The highest BCUT2D eigenvalue weighted by atomic mass is 32.1. The van der Waals surface area contributed by atoms with Gasteiger partial charge >= 0.3 is 0 Å². The number of carbonyl (C=O) groups excluding carboxylic acids is 1. The van der Waals surface area contributed by atoms with E-state index >= 15 is 0 Å². The van der Waals surface area contributed by atoms with Crippen LogP contribution in [0.5, 0.6) is 5.75 Å². The smallest absolute Gasteiger partial charge is 0.227 e. The van der Waals surface area contributed by atoms with Crippen LogP contribution in [0, 0.1) is 0 Å². The van der Waals surface area contributed by atoms with Gasteiger partial charge in [-0.15, -0.1) is 11.3 Å². The van der Waals surface area contributed by atoms with Gasteiger partial charge in [0.15, 0.2) is 0 Å². The number of aryl methyl sites for hydroxylation is 1. The van der Waals surface area contributed by atoms with Crippen molar-refractivity contribution in [1.82, 2.24) is 15.1 Å². The molecule has 1 amide bonds. The average Bonchev–Trinajstić information content (AvgIpc) is 3.51. The molecule has 8 heteroatoms. The molecule has 5 aromatic rings. The van der Waals surface area contributed by atoms with Crippen LogP contribution in [0.3, 0.4) is 0 Å². The number of aromatic nitrogens is 3. The molecule has 0 atom stereocenters. The Hall–Kier alpha value is -4.04. The summed E-state index contributed by atoms with van der Waals surface area (Å²) in [5.74, 6) is 1.56. The number of nitrogens with one attached hydrogen (secondary N) is 1. The van der Waals surface area contributed by atoms with Gasteiger partial charge in [-0.3, -0.25) is 4.79 Å². The van der Waals surface area contributed by atoms with Gasteiger partial charge in [0.05, 0.1) is 22.3 Å². The summed E-state index contributed by atoms with van der Waals surface area (Å²) in [7, 11) is 1.62. The summed E-state index contributed by atoms with van der Waals surface area (Å²) in [4.78, 5) is 21.4. The first-order valence-corrected chi connectivity index (χ1v) is 11.7. The number of benzene rings is 3. The standard InChI is InChI=1S/C26H22N4O3S/c1-32-20-12-8-18(9-13-20)26-29-24(33-30-26)15-14-23(31)27-19-10-6-17(7-11-19)16-25-28-21-4-2-3-5-22(21)34-25/h2-13H,14-16H2,1H3,(H,27,31). The van der Waals surface area contributed by atoms with Crippen molar-refractivity contribution in [3.8, 4) is 17.1 Å². The zero-order valence-corrected chi connectivity index (χ0v) is 19.3. The number of thiazole rings is 1. The van der Waals surface area contributed by atoms with E-state index in [2.05, 4.69) is 26.5 Å². The second-order valence-electron chi connectivity index (χ2n) is 7.74. The summed E-state index contributed by atoms with van der Waals surface area (Å²) < 4.78 is 11.6. The van der Waals surface area contributed by atoms with E-state index in [0.29, 0.717) is 18.1 Å². The summed E-state index contributed by atoms with van der Waals surface area (Å²) in [5.41, 5.74) is 3.76. The molecule has 0 spiro atoms. The van der Waals surface area contributed by atoms with Crippen molar-refractivity contribution in [3.05, 3.63) is 89.3 Å². The molecule has 7 nitrogen and oxygen atoms in total. The summed E-state index contributed by atoms with van der Waals surface area (Å²) in [6.45, 7) is 0. The van der Waals surface area contributed by atoms with E-state index in [9.17, 15) is 4.79 Å². The normalized spacial score (nSPS) is 11.0. The third-order valence-electron chi connectivity index (χ3n) is 5.31. The Bertz CT molecular complexity index is 1380. The predicted molar refractivity (Wildman–Crippen MR) is 132 cm³/mol. The second-order valence-corrected chi connectivity index (χ2v) is 8.85. The zero-order chi connectivity index (χ0) is 23.3. The molecule has 5 rings (SSSR count). The van der Waals surface area contributed by atoms with Crippen LogP contribution < -0.4 is 10.1 Å². The molecule has 0 radical (unpaired) electrons. The minimum Gasteiger partial charge on any atom is -0.497 e. The van der Waals surface area contributed by atoms with Gasteiger partial charge in [-0.2, -0.15) is 4.98 Å². The number of rotatable bonds is 8. The van der Waals surface area contributed by atoms with E-state index in [1.165, 1.54) is 4.70 Å². The molecule has 2 heterocycles. The van der Waals surface area contributed by atoms with E-state index in [1.807, 2.05) is 66.7 Å². The third kappa shape index (κ3) is 5.13. The van der Waals surface area contributed by atoms with Gasteiger partial charge in [-0.1, -0.05) is 29.4 Å². The lowest BCUT2D eigenvalue weighted by Crippen LogP contribution is -2.12. The Morgan fingerprint density at radius 2 is 1.79 bits per heavy atom. The molecule has 0 aliphatic heterocycles. The minimum atomic E-state index is -0.108. The van der Waals surface area contributed by atoms with Crippen LogP contribution in [0.15, 0.2) is 77.3 Å². The molecule has 170 valence electrons. The molecular formula is C26H22N4O3S. The van der Waals surface area contributed by atoms with Crippen LogP contribution in [0.2, 0.25) is 0 Å². The monoisotopic (exact) mass is 470 g/mol. The van der Waals surface area contributed by atoms with E-state index in [1.54, 1.807) is 18.4 Å². The van der Waals surface area contributed by atoms with Gasteiger partial charge in [0.25, 0.3) is 0 Å². The highest BCUT2D eigenvalue weighted by molar-refractivity contribution is 7.18. The van der Waals surface area contributed by atoms with Gasteiger partial charge in [-0.25, -0.2) is 4.98 Å². The molecule has 34 heavy (non-hydrogen) atoms. The summed E-state index contributed by atoms with van der Waals surface area (Å²) in [6.07, 6.45) is 1.38. The van der Waals surface area contributed by atoms with E-state index in [4.69, 9.17) is 9.26 Å². The molecule has 0 bridgehead atoms. The lowest BCUT2D eigenvalue weighted by Gasteiger charge is -2.05. The minimum absolute atomic E-state index is 0.108. The highest BCUT2D eigenvalue weighted by Crippen LogP contribution is 2.24. The number of anilines is 1. The summed E-state index contributed by atoms with van der Waals surface area (Å²) >= 11 is 1.71. The maximum absolute atomic E-state index is 12.4. The number of ether oxygens (including phenoxy) is 1. The molecule has 0 aliphatic carbocycles. The van der Waals surface area contributed by atoms with Crippen LogP contribution in [0.1, 0.15) is 22.9 Å². The number of hydrogen-bond acceptors (Lipinski definition) is 7. The Labute approximate surface area is 200 Å². The van der Waals surface area contributed by atoms with Gasteiger partial charge in [0.2, 0.25) is 17.6 Å². The Balaban J connectivity index is 1.13. The number of amides is 1. The number of hydrogen-bond donors (Lipinski definition) is 1. The van der Waals surface area contributed by atoms with Gasteiger partial charge in [0, 0.05) is 30.5 Å². The molecule has 0 fully saturated rings. The molecule has 0 saturated carbocycles. The largest absolute Gasteiger partial charge is 0.497 e. The van der Waals surface area contributed by atoms with Crippen LogP contribution in [0.25, 0.3) is 21.6 Å². The molecule has 0 aliphatic rings.